The van der Waals surface area contributed by atoms with E-state index in [-0.39, 0.29) is 5.75 Å². The van der Waals surface area contributed by atoms with Crippen LogP contribution in [-0.2, 0) is 0 Å². The van der Waals surface area contributed by atoms with E-state index in [9.17, 15) is 8.78 Å². The van der Waals surface area contributed by atoms with Gasteiger partial charge in [0, 0.05) is 18.2 Å². The average molecular weight is 258 g/mol. The second kappa shape index (κ2) is 11.0. The molecule has 0 aliphatic rings. The van der Waals surface area contributed by atoms with Crippen molar-refractivity contribution in [2.24, 2.45) is 0 Å². The summed E-state index contributed by atoms with van der Waals surface area (Å²) in [5.74, 6) is -0.921. The second-order valence-corrected chi connectivity index (χ2v) is 3.87. The maximum absolute atomic E-state index is 12.8. The van der Waals surface area contributed by atoms with Gasteiger partial charge >= 0.3 is 0 Å². The summed E-state index contributed by atoms with van der Waals surface area (Å²) >= 11 is 0. The molecule has 0 aliphatic heterocycles. The van der Waals surface area contributed by atoms with E-state index in [2.05, 4.69) is 6.92 Å². The van der Waals surface area contributed by atoms with E-state index < -0.39 is 11.6 Å². The van der Waals surface area contributed by atoms with Crippen LogP contribution in [0.4, 0.5) is 8.78 Å². The lowest BCUT2D eigenvalue weighted by atomic mass is 10.2. The van der Waals surface area contributed by atoms with Crippen LogP contribution in [0.15, 0.2) is 18.2 Å². The normalized spacial score (nSPS) is 9.61. The minimum absolute atomic E-state index is 0.271. The highest BCUT2D eigenvalue weighted by molar-refractivity contribution is 5.23. The molecule has 0 atom stereocenters. The number of benzene rings is 1. The lowest BCUT2D eigenvalue weighted by Crippen LogP contribution is -1.98. The Morgan fingerprint density at radius 1 is 0.889 bits per heavy atom. The maximum atomic E-state index is 12.8. The molecule has 0 spiro atoms. The van der Waals surface area contributed by atoms with Crippen molar-refractivity contribution in [1.29, 1.82) is 0 Å². The Kier molecular flexibility index (Phi) is 10.3. The van der Waals surface area contributed by atoms with Crippen molar-refractivity contribution in [3.63, 3.8) is 0 Å². The van der Waals surface area contributed by atoms with E-state index in [4.69, 9.17) is 4.74 Å². The Balaban J connectivity index is 0.00000137. The van der Waals surface area contributed by atoms with Gasteiger partial charge in [-0.25, -0.2) is 8.78 Å². The number of halogens is 2. The molecule has 1 rings (SSSR count). The fraction of sp³-hybridized carbons (Fsp3) is 0.600. The van der Waals surface area contributed by atoms with Gasteiger partial charge in [-0.15, -0.1) is 0 Å². The molecule has 1 aromatic rings. The van der Waals surface area contributed by atoms with Crippen molar-refractivity contribution >= 4 is 0 Å². The van der Waals surface area contributed by atoms with Crippen molar-refractivity contribution < 1.29 is 13.5 Å². The fourth-order valence-electron chi connectivity index (χ4n) is 1.51. The van der Waals surface area contributed by atoms with Gasteiger partial charge in [0.15, 0.2) is 0 Å². The molecule has 0 radical (unpaired) electrons. The van der Waals surface area contributed by atoms with Crippen LogP contribution in [0.5, 0.6) is 5.75 Å². The number of ether oxygens (including phenoxy) is 1. The summed E-state index contributed by atoms with van der Waals surface area (Å²) in [5.41, 5.74) is 0. The molecule has 0 aliphatic carbocycles. The third kappa shape index (κ3) is 8.04. The zero-order valence-electron chi connectivity index (χ0n) is 11.6. The lowest BCUT2D eigenvalue weighted by Gasteiger charge is -2.06. The van der Waals surface area contributed by atoms with Crippen LogP contribution in [-0.4, -0.2) is 6.61 Å². The molecule has 0 saturated carbocycles. The first-order valence-electron chi connectivity index (χ1n) is 6.81. The minimum atomic E-state index is -0.596. The molecular weight excluding hydrogens is 234 g/mol. The van der Waals surface area contributed by atoms with E-state index in [1.807, 2.05) is 13.8 Å². The summed E-state index contributed by atoms with van der Waals surface area (Å²) in [6.45, 7) is 6.68. The molecule has 0 heterocycles. The third-order valence-electron chi connectivity index (χ3n) is 2.35. The molecule has 0 saturated heterocycles. The minimum Gasteiger partial charge on any atom is -0.493 e. The van der Waals surface area contributed by atoms with E-state index in [0.717, 1.165) is 18.9 Å². The molecule has 0 fully saturated rings. The molecule has 0 amide bonds. The summed E-state index contributed by atoms with van der Waals surface area (Å²) in [5, 5.41) is 0. The van der Waals surface area contributed by atoms with Crippen molar-refractivity contribution in [3.8, 4) is 5.75 Å². The number of hydrogen-bond donors (Lipinski definition) is 0. The molecule has 1 aromatic carbocycles. The smallest absolute Gasteiger partial charge is 0.129 e. The van der Waals surface area contributed by atoms with Crippen molar-refractivity contribution in [1.82, 2.24) is 0 Å². The van der Waals surface area contributed by atoms with E-state index >= 15 is 0 Å². The van der Waals surface area contributed by atoms with Crippen LogP contribution in [0.3, 0.4) is 0 Å². The molecule has 104 valence electrons. The largest absolute Gasteiger partial charge is 0.493 e. The molecular formula is C15H24F2O. The van der Waals surface area contributed by atoms with E-state index in [1.54, 1.807) is 0 Å². The first-order valence-corrected chi connectivity index (χ1v) is 6.81. The maximum Gasteiger partial charge on any atom is 0.129 e. The van der Waals surface area contributed by atoms with Gasteiger partial charge in [0.25, 0.3) is 0 Å². The molecule has 0 bridgehead atoms. The quantitative estimate of drug-likeness (QED) is 0.600. The van der Waals surface area contributed by atoms with Crippen LogP contribution >= 0.6 is 0 Å². The van der Waals surface area contributed by atoms with Crippen LogP contribution in [0.25, 0.3) is 0 Å². The monoisotopic (exact) mass is 258 g/mol. The predicted octanol–water partition coefficient (Wildman–Crippen LogP) is 5.34. The first-order chi connectivity index (χ1) is 8.72. The van der Waals surface area contributed by atoms with Gasteiger partial charge in [0.2, 0.25) is 0 Å². The average Bonchev–Trinajstić information content (AvgIpc) is 2.35. The Labute approximate surface area is 109 Å². The summed E-state index contributed by atoms with van der Waals surface area (Å²) < 4.78 is 30.8. The lowest BCUT2D eigenvalue weighted by molar-refractivity contribution is 0.301. The Bertz CT molecular complexity index is 293. The molecule has 3 heteroatoms. The molecule has 0 unspecified atom stereocenters. The van der Waals surface area contributed by atoms with Gasteiger partial charge in [-0.1, -0.05) is 46.5 Å². The molecule has 1 nitrogen and oxygen atoms in total. The van der Waals surface area contributed by atoms with Crippen LogP contribution in [0, 0.1) is 11.6 Å². The van der Waals surface area contributed by atoms with E-state index in [1.165, 1.54) is 31.4 Å². The zero-order chi connectivity index (χ0) is 13.8. The molecule has 0 N–H and O–H groups in total. The summed E-state index contributed by atoms with van der Waals surface area (Å²) in [4.78, 5) is 0. The van der Waals surface area contributed by atoms with Gasteiger partial charge in [0.05, 0.1) is 6.61 Å². The van der Waals surface area contributed by atoms with Crippen LogP contribution in [0.1, 0.15) is 52.9 Å². The zero-order valence-corrected chi connectivity index (χ0v) is 11.6. The highest BCUT2D eigenvalue weighted by atomic mass is 19.1. The van der Waals surface area contributed by atoms with Crippen LogP contribution < -0.4 is 4.74 Å². The Morgan fingerprint density at radius 3 is 2.00 bits per heavy atom. The molecule has 18 heavy (non-hydrogen) atoms. The summed E-state index contributed by atoms with van der Waals surface area (Å²) in [7, 11) is 0. The van der Waals surface area contributed by atoms with Gasteiger partial charge in [0.1, 0.15) is 17.4 Å². The predicted molar refractivity (Wildman–Crippen MR) is 72.0 cm³/mol. The number of rotatable bonds is 7. The number of unbranched alkanes of at least 4 members (excludes halogenated alkanes) is 4. The standard InChI is InChI=1S/C13H18F2O.C2H6/c1-2-3-4-5-6-7-16-13-9-11(14)8-12(15)10-13;1-2/h8-10H,2-7H2,1H3;1-2H3. The van der Waals surface area contributed by atoms with Gasteiger partial charge < -0.3 is 4.74 Å². The number of hydrogen-bond acceptors (Lipinski definition) is 1. The Hall–Kier alpha value is -1.12. The highest BCUT2D eigenvalue weighted by Crippen LogP contribution is 2.15. The SMILES string of the molecule is CC.CCCCCCCOc1cc(F)cc(F)c1. The van der Waals surface area contributed by atoms with Crippen molar-refractivity contribution in [2.45, 2.75) is 52.9 Å². The van der Waals surface area contributed by atoms with Gasteiger partial charge in [-0.05, 0) is 6.42 Å². The first kappa shape index (κ1) is 16.9. The van der Waals surface area contributed by atoms with Crippen molar-refractivity contribution in [2.75, 3.05) is 6.61 Å². The third-order valence-corrected chi connectivity index (χ3v) is 2.35. The second-order valence-electron chi connectivity index (χ2n) is 3.87. The highest BCUT2D eigenvalue weighted by Gasteiger charge is 2.00. The fourth-order valence-corrected chi connectivity index (χ4v) is 1.51. The topological polar surface area (TPSA) is 9.23 Å². The summed E-state index contributed by atoms with van der Waals surface area (Å²) in [6, 6.07) is 3.25. The van der Waals surface area contributed by atoms with Crippen molar-refractivity contribution in [3.05, 3.63) is 29.8 Å². The van der Waals surface area contributed by atoms with Gasteiger partial charge in [-0.2, -0.15) is 0 Å². The Morgan fingerprint density at radius 2 is 1.44 bits per heavy atom. The van der Waals surface area contributed by atoms with E-state index in [0.29, 0.717) is 6.61 Å². The summed E-state index contributed by atoms with van der Waals surface area (Å²) in [6.07, 6.45) is 5.66. The van der Waals surface area contributed by atoms with Gasteiger partial charge in [-0.3, -0.25) is 0 Å². The molecule has 0 aromatic heterocycles. The van der Waals surface area contributed by atoms with Crippen LogP contribution in [0.2, 0.25) is 0 Å².